The predicted octanol–water partition coefficient (Wildman–Crippen LogP) is 2.09. The maximum Gasteiger partial charge on any atom is 0.358 e. The zero-order valence-corrected chi connectivity index (χ0v) is 13.4. The minimum atomic E-state index is -4.59. The van der Waals surface area contributed by atoms with Crippen molar-refractivity contribution >= 4 is 18.7 Å². The maximum atomic E-state index is 11.8. The molecule has 0 spiro atoms. The van der Waals surface area contributed by atoms with E-state index in [2.05, 4.69) is 15.3 Å². The van der Waals surface area contributed by atoms with Crippen molar-refractivity contribution in [3.63, 3.8) is 0 Å². The molecule has 23 heavy (non-hydrogen) atoms. The Hall–Kier alpha value is -2.41. The van der Waals surface area contributed by atoms with Crippen LogP contribution in [0.4, 0.5) is 5.82 Å². The summed E-state index contributed by atoms with van der Waals surface area (Å²) in [6, 6.07) is 2.81. The Morgan fingerprint density at radius 3 is 2.65 bits per heavy atom. The largest absolute Gasteiger partial charge is 0.504 e. The number of aromatic hydroxyl groups is 1. The fraction of sp³-hybridized carbons (Fsp3) is 0.143. The van der Waals surface area contributed by atoms with Crippen LogP contribution in [0.1, 0.15) is 11.1 Å². The summed E-state index contributed by atoms with van der Waals surface area (Å²) < 4.78 is 16.8. The molecule has 0 aliphatic rings. The molecule has 1 aromatic carbocycles. The van der Waals surface area contributed by atoms with Crippen LogP contribution in [0.5, 0.6) is 11.5 Å². The third kappa shape index (κ3) is 4.07. The average molecular weight is 337 g/mol. The smallest absolute Gasteiger partial charge is 0.358 e. The SMILES string of the molecule is COc1cc(C(=CNc2cnccn2)P(=O)(O)O)cc(C)c1O. The second kappa shape index (κ2) is 6.78. The summed E-state index contributed by atoms with van der Waals surface area (Å²) in [6.07, 6.45) is 5.50. The molecular formula is C14H16N3O5P. The summed E-state index contributed by atoms with van der Waals surface area (Å²) in [5.41, 5.74) is 0.653. The molecule has 0 aliphatic carbocycles. The van der Waals surface area contributed by atoms with E-state index in [0.717, 1.165) is 6.20 Å². The number of methoxy groups -OCH3 is 1. The number of nitrogens with one attached hydrogen (secondary N) is 1. The van der Waals surface area contributed by atoms with Crippen molar-refractivity contribution in [3.05, 3.63) is 48.1 Å². The third-order valence-corrected chi connectivity index (χ3v) is 4.03. The number of rotatable bonds is 5. The van der Waals surface area contributed by atoms with Crippen molar-refractivity contribution in [2.24, 2.45) is 0 Å². The van der Waals surface area contributed by atoms with E-state index in [-0.39, 0.29) is 22.4 Å². The van der Waals surface area contributed by atoms with Crippen LogP contribution in [0.3, 0.4) is 0 Å². The normalized spacial score (nSPS) is 12.1. The molecule has 0 bridgehead atoms. The number of phenols is 1. The van der Waals surface area contributed by atoms with Crippen LogP contribution in [0, 0.1) is 6.92 Å². The van der Waals surface area contributed by atoms with Gasteiger partial charge >= 0.3 is 7.60 Å². The number of nitrogens with zero attached hydrogens (tertiary/aromatic N) is 2. The molecular weight excluding hydrogens is 321 g/mol. The topological polar surface area (TPSA) is 125 Å². The number of hydrogen-bond acceptors (Lipinski definition) is 6. The molecule has 2 aromatic rings. The van der Waals surface area contributed by atoms with E-state index in [1.54, 1.807) is 6.92 Å². The molecule has 0 saturated carbocycles. The lowest BCUT2D eigenvalue weighted by Crippen LogP contribution is -1.97. The monoisotopic (exact) mass is 337 g/mol. The first-order chi connectivity index (χ1) is 10.8. The summed E-state index contributed by atoms with van der Waals surface area (Å²) >= 11 is 0. The average Bonchev–Trinajstić information content (AvgIpc) is 2.50. The molecule has 0 saturated heterocycles. The summed E-state index contributed by atoms with van der Waals surface area (Å²) in [6.45, 7) is 1.61. The standard InChI is InChI=1S/C14H16N3O5P/c1-9-5-10(6-11(22-2)14(9)18)12(23(19,20)21)7-17-13-8-15-3-4-16-13/h3-8,18H,1-2H3,(H,16,17)(H2,19,20,21). The molecule has 122 valence electrons. The highest BCUT2D eigenvalue weighted by Gasteiger charge is 2.24. The zero-order chi connectivity index (χ0) is 17.0. The van der Waals surface area contributed by atoms with E-state index in [4.69, 9.17) is 4.74 Å². The number of aromatic nitrogens is 2. The summed E-state index contributed by atoms with van der Waals surface area (Å²) in [7, 11) is -3.23. The Morgan fingerprint density at radius 2 is 2.09 bits per heavy atom. The molecule has 1 aromatic heterocycles. The Kier molecular flexibility index (Phi) is 5.00. The predicted molar refractivity (Wildman–Crippen MR) is 85.1 cm³/mol. The van der Waals surface area contributed by atoms with Crippen LogP contribution in [-0.4, -0.2) is 32.0 Å². The number of phenolic OH excluding ortho intramolecular Hbond substituents is 1. The number of ether oxygens (including phenoxy) is 1. The molecule has 4 N–H and O–H groups in total. The number of anilines is 1. The van der Waals surface area contributed by atoms with Crippen molar-refractivity contribution in [1.29, 1.82) is 0 Å². The van der Waals surface area contributed by atoms with Crippen molar-refractivity contribution in [1.82, 2.24) is 9.97 Å². The Balaban J connectivity index is 2.48. The van der Waals surface area contributed by atoms with Crippen molar-refractivity contribution in [3.8, 4) is 11.5 Å². The van der Waals surface area contributed by atoms with Gasteiger partial charge in [0, 0.05) is 18.6 Å². The molecule has 1 heterocycles. The molecule has 0 unspecified atom stereocenters. The first kappa shape index (κ1) is 17.0. The summed E-state index contributed by atoms with van der Waals surface area (Å²) in [4.78, 5) is 27.0. The van der Waals surface area contributed by atoms with Gasteiger partial charge in [0.1, 0.15) is 5.82 Å². The lowest BCUT2D eigenvalue weighted by Gasteiger charge is -2.14. The van der Waals surface area contributed by atoms with E-state index in [9.17, 15) is 19.5 Å². The fourth-order valence-electron chi connectivity index (χ4n) is 1.90. The first-order valence-corrected chi connectivity index (χ1v) is 8.11. The lowest BCUT2D eigenvalue weighted by atomic mass is 10.1. The van der Waals surface area contributed by atoms with Crippen molar-refractivity contribution in [2.75, 3.05) is 12.4 Å². The molecule has 0 aliphatic heterocycles. The van der Waals surface area contributed by atoms with Gasteiger partial charge in [-0.05, 0) is 30.2 Å². The second-order valence-electron chi connectivity index (χ2n) is 4.65. The van der Waals surface area contributed by atoms with Crippen LogP contribution < -0.4 is 10.1 Å². The van der Waals surface area contributed by atoms with E-state index in [1.165, 1.54) is 37.8 Å². The highest BCUT2D eigenvalue weighted by atomic mass is 31.2. The maximum absolute atomic E-state index is 11.8. The molecule has 8 nitrogen and oxygen atoms in total. The quantitative estimate of drug-likeness (QED) is 0.611. The van der Waals surface area contributed by atoms with E-state index in [1.807, 2.05) is 0 Å². The van der Waals surface area contributed by atoms with Gasteiger partial charge in [-0.3, -0.25) is 9.55 Å². The van der Waals surface area contributed by atoms with Gasteiger partial charge in [-0.15, -0.1) is 0 Å². The second-order valence-corrected chi connectivity index (χ2v) is 6.22. The van der Waals surface area contributed by atoms with Gasteiger partial charge in [0.05, 0.1) is 18.6 Å². The van der Waals surface area contributed by atoms with Gasteiger partial charge in [0.2, 0.25) is 0 Å². The first-order valence-electron chi connectivity index (χ1n) is 6.49. The minimum absolute atomic E-state index is 0.0804. The zero-order valence-electron chi connectivity index (χ0n) is 12.5. The van der Waals surface area contributed by atoms with Crippen LogP contribution in [0.2, 0.25) is 0 Å². The van der Waals surface area contributed by atoms with Crippen LogP contribution in [-0.2, 0) is 4.57 Å². The van der Waals surface area contributed by atoms with Crippen LogP contribution in [0.15, 0.2) is 36.9 Å². The van der Waals surface area contributed by atoms with Crippen LogP contribution in [0.25, 0.3) is 5.31 Å². The molecule has 0 atom stereocenters. The van der Waals surface area contributed by atoms with Gasteiger partial charge in [0.15, 0.2) is 11.5 Å². The van der Waals surface area contributed by atoms with Gasteiger partial charge in [-0.2, -0.15) is 0 Å². The summed E-state index contributed by atoms with van der Waals surface area (Å²) in [5, 5.41) is 12.3. The van der Waals surface area contributed by atoms with Crippen molar-refractivity contribution in [2.45, 2.75) is 6.92 Å². The summed E-state index contributed by atoms with van der Waals surface area (Å²) in [5.74, 6) is 0.378. The van der Waals surface area contributed by atoms with Gasteiger partial charge in [-0.1, -0.05) is 0 Å². The van der Waals surface area contributed by atoms with E-state index < -0.39 is 7.60 Å². The van der Waals surface area contributed by atoms with Crippen molar-refractivity contribution < 1.29 is 24.2 Å². The van der Waals surface area contributed by atoms with Gasteiger partial charge in [0.25, 0.3) is 0 Å². The Labute approximate surface area is 132 Å². The Morgan fingerprint density at radius 1 is 1.35 bits per heavy atom. The highest BCUT2D eigenvalue weighted by Crippen LogP contribution is 2.52. The van der Waals surface area contributed by atoms with E-state index >= 15 is 0 Å². The molecule has 9 heteroatoms. The highest BCUT2D eigenvalue weighted by molar-refractivity contribution is 7.63. The van der Waals surface area contributed by atoms with Gasteiger partial charge in [-0.25, -0.2) is 4.98 Å². The minimum Gasteiger partial charge on any atom is -0.504 e. The van der Waals surface area contributed by atoms with Crippen LogP contribution >= 0.6 is 7.60 Å². The lowest BCUT2D eigenvalue weighted by molar-refractivity contribution is 0.371. The fourth-order valence-corrected chi connectivity index (χ4v) is 2.60. The number of hydrogen-bond donors (Lipinski definition) is 4. The number of aryl methyl sites for hydroxylation is 1. The third-order valence-electron chi connectivity index (χ3n) is 3.01. The van der Waals surface area contributed by atoms with Gasteiger partial charge < -0.3 is 24.9 Å². The Bertz CT molecular complexity index is 773. The molecule has 0 fully saturated rings. The van der Waals surface area contributed by atoms with E-state index in [0.29, 0.717) is 11.4 Å². The number of benzene rings is 1. The molecule has 0 radical (unpaired) electrons. The molecule has 0 amide bonds. The molecule has 2 rings (SSSR count).